The van der Waals surface area contributed by atoms with Gasteiger partial charge in [0.1, 0.15) is 0 Å². The number of hydrogen-bond acceptors (Lipinski definition) is 2. The lowest BCUT2D eigenvalue weighted by Gasteiger charge is -2.23. The Bertz CT molecular complexity index is 445. The van der Waals surface area contributed by atoms with Crippen molar-refractivity contribution in [2.24, 2.45) is 5.92 Å². The Kier molecular flexibility index (Phi) is 5.65. The average molecular weight is 304 g/mol. The van der Waals surface area contributed by atoms with E-state index in [9.17, 15) is 0 Å². The number of fused-ring (bicyclic) bond motifs is 1. The molecule has 3 unspecified atom stereocenters. The Balaban J connectivity index is 1.59. The predicted octanol–water partition coefficient (Wildman–Crippen LogP) is 5.21. The summed E-state index contributed by atoms with van der Waals surface area (Å²) in [7, 11) is 0. The molecule has 0 saturated heterocycles. The van der Waals surface area contributed by atoms with E-state index < -0.39 is 0 Å². The van der Waals surface area contributed by atoms with Crippen LogP contribution in [-0.2, 0) is 0 Å². The zero-order valence-electron chi connectivity index (χ0n) is 13.3. The molecule has 1 aliphatic carbocycles. The first-order valence-corrected chi connectivity index (χ1v) is 9.80. The highest BCUT2D eigenvalue weighted by molar-refractivity contribution is 7.99. The zero-order valence-corrected chi connectivity index (χ0v) is 14.1. The average Bonchev–Trinajstić information content (AvgIpc) is 2.77. The molecule has 0 amide bonds. The Morgan fingerprint density at radius 3 is 2.95 bits per heavy atom. The van der Waals surface area contributed by atoms with Crippen LogP contribution in [0.3, 0.4) is 0 Å². The summed E-state index contributed by atoms with van der Waals surface area (Å²) in [5.74, 6) is 3.04. The van der Waals surface area contributed by atoms with Crippen LogP contribution in [0.4, 0.5) is 0 Å². The zero-order chi connectivity index (χ0) is 14.5. The second-order valence-corrected chi connectivity index (χ2v) is 7.88. The van der Waals surface area contributed by atoms with Crippen molar-refractivity contribution in [1.82, 2.24) is 5.32 Å². The number of hydrogen-bond donors (Lipinski definition) is 1. The molecule has 1 aliphatic heterocycles. The van der Waals surface area contributed by atoms with Gasteiger partial charge in [-0.05, 0) is 55.7 Å². The molecule has 1 saturated carbocycles. The van der Waals surface area contributed by atoms with E-state index in [1.807, 2.05) is 0 Å². The van der Waals surface area contributed by atoms with Crippen LogP contribution in [0.1, 0.15) is 63.4 Å². The van der Waals surface area contributed by atoms with Gasteiger partial charge in [0.25, 0.3) is 0 Å². The molecule has 3 rings (SSSR count). The molecule has 0 aromatic heterocycles. The normalized spacial score (nSPS) is 29.1. The van der Waals surface area contributed by atoms with Gasteiger partial charge in [0.2, 0.25) is 0 Å². The Morgan fingerprint density at radius 2 is 2.05 bits per heavy atom. The minimum atomic E-state index is 0.779. The van der Waals surface area contributed by atoms with Crippen LogP contribution in [-0.4, -0.2) is 18.3 Å². The van der Waals surface area contributed by atoms with Gasteiger partial charge < -0.3 is 5.32 Å². The molecule has 0 spiro atoms. The maximum atomic E-state index is 3.78. The largest absolute Gasteiger partial charge is 0.314 e. The lowest BCUT2D eigenvalue weighted by Crippen LogP contribution is -2.31. The van der Waals surface area contributed by atoms with Crippen LogP contribution in [0, 0.1) is 5.92 Å². The third-order valence-electron chi connectivity index (χ3n) is 5.13. The highest BCUT2D eigenvalue weighted by Gasteiger charge is 2.27. The van der Waals surface area contributed by atoms with Crippen LogP contribution >= 0.6 is 11.8 Å². The summed E-state index contributed by atoms with van der Waals surface area (Å²) in [5.41, 5.74) is 1.63. The molecule has 0 radical (unpaired) electrons. The van der Waals surface area contributed by atoms with Crippen LogP contribution in [0.2, 0.25) is 0 Å². The molecule has 1 heterocycles. The van der Waals surface area contributed by atoms with Crippen LogP contribution < -0.4 is 5.32 Å². The van der Waals surface area contributed by atoms with Gasteiger partial charge in [0.15, 0.2) is 0 Å². The molecule has 2 heteroatoms. The van der Waals surface area contributed by atoms with E-state index >= 15 is 0 Å². The van der Waals surface area contributed by atoms with Gasteiger partial charge in [-0.3, -0.25) is 0 Å². The third-order valence-corrected chi connectivity index (χ3v) is 6.38. The van der Waals surface area contributed by atoms with E-state index in [0.717, 1.165) is 17.9 Å². The quantitative estimate of drug-likeness (QED) is 0.749. The summed E-state index contributed by atoms with van der Waals surface area (Å²) in [6.07, 6.45) is 9.79. The van der Waals surface area contributed by atoms with Crippen LogP contribution in [0.15, 0.2) is 29.2 Å². The first-order valence-electron chi connectivity index (χ1n) is 8.82. The van der Waals surface area contributed by atoms with E-state index in [4.69, 9.17) is 0 Å². The summed E-state index contributed by atoms with van der Waals surface area (Å²) < 4.78 is 0. The molecule has 1 nitrogen and oxygen atoms in total. The second-order valence-electron chi connectivity index (χ2n) is 6.82. The smallest absolute Gasteiger partial charge is 0.0107 e. The maximum Gasteiger partial charge on any atom is 0.0107 e. The minimum Gasteiger partial charge on any atom is -0.314 e. The van der Waals surface area contributed by atoms with Gasteiger partial charge in [-0.1, -0.05) is 44.4 Å². The number of nitrogens with one attached hydrogen (secondary N) is 1. The fourth-order valence-corrected chi connectivity index (χ4v) is 5.31. The van der Waals surface area contributed by atoms with E-state index in [1.54, 1.807) is 5.56 Å². The van der Waals surface area contributed by atoms with Crippen molar-refractivity contribution in [3.8, 4) is 0 Å². The first-order chi connectivity index (χ1) is 10.4. The molecule has 3 atom stereocenters. The van der Waals surface area contributed by atoms with Gasteiger partial charge >= 0.3 is 0 Å². The van der Waals surface area contributed by atoms with Gasteiger partial charge in [0, 0.05) is 16.7 Å². The van der Waals surface area contributed by atoms with Crippen LogP contribution in [0.5, 0.6) is 0 Å². The number of benzene rings is 1. The molecular formula is C19H29NS. The maximum absolute atomic E-state index is 3.78. The van der Waals surface area contributed by atoms with Crippen molar-refractivity contribution in [1.29, 1.82) is 0 Å². The minimum absolute atomic E-state index is 0.779. The van der Waals surface area contributed by atoms with Crippen molar-refractivity contribution in [2.45, 2.75) is 68.7 Å². The van der Waals surface area contributed by atoms with Crippen LogP contribution in [0.25, 0.3) is 0 Å². The SMILES string of the molecule is CCCNC1CCCCC(CC2CSc3ccccc32)C1. The van der Waals surface area contributed by atoms with E-state index in [1.165, 1.54) is 62.1 Å². The van der Waals surface area contributed by atoms with Crippen molar-refractivity contribution in [3.05, 3.63) is 29.8 Å². The van der Waals surface area contributed by atoms with Crippen molar-refractivity contribution in [2.75, 3.05) is 12.3 Å². The van der Waals surface area contributed by atoms with E-state index in [0.29, 0.717) is 0 Å². The highest BCUT2D eigenvalue weighted by atomic mass is 32.2. The van der Waals surface area contributed by atoms with Crippen molar-refractivity contribution < 1.29 is 0 Å². The highest BCUT2D eigenvalue weighted by Crippen LogP contribution is 2.44. The fourth-order valence-electron chi connectivity index (χ4n) is 4.04. The molecule has 0 bridgehead atoms. The molecule has 1 N–H and O–H groups in total. The lowest BCUT2D eigenvalue weighted by atomic mass is 9.85. The van der Waals surface area contributed by atoms with Gasteiger partial charge in [-0.15, -0.1) is 11.8 Å². The van der Waals surface area contributed by atoms with E-state index in [2.05, 4.69) is 48.3 Å². The summed E-state index contributed by atoms with van der Waals surface area (Å²) in [6, 6.07) is 9.85. The number of rotatable bonds is 5. The Morgan fingerprint density at radius 1 is 1.19 bits per heavy atom. The molecular weight excluding hydrogens is 274 g/mol. The van der Waals surface area contributed by atoms with Crippen molar-refractivity contribution >= 4 is 11.8 Å². The Labute approximate surface area is 134 Å². The fraction of sp³-hybridized carbons (Fsp3) is 0.684. The molecule has 21 heavy (non-hydrogen) atoms. The molecule has 2 aliphatic rings. The lowest BCUT2D eigenvalue weighted by molar-refractivity contribution is 0.353. The Hall–Kier alpha value is -0.470. The monoisotopic (exact) mass is 303 g/mol. The molecule has 116 valence electrons. The third kappa shape index (κ3) is 4.04. The summed E-state index contributed by atoms with van der Waals surface area (Å²) in [4.78, 5) is 1.54. The number of thioether (sulfide) groups is 1. The molecule has 1 aromatic carbocycles. The standard InChI is InChI=1S/C19H29NS/c1-2-11-20-17-8-4-3-7-15(13-17)12-16-14-21-19-10-6-5-9-18(16)19/h5-6,9-10,15-17,20H,2-4,7-8,11-14H2,1H3. The van der Waals surface area contributed by atoms with E-state index in [-0.39, 0.29) is 0 Å². The second kappa shape index (κ2) is 7.69. The van der Waals surface area contributed by atoms with Gasteiger partial charge in [0.05, 0.1) is 0 Å². The molecule has 1 aromatic rings. The van der Waals surface area contributed by atoms with Crippen molar-refractivity contribution in [3.63, 3.8) is 0 Å². The first kappa shape index (κ1) is 15.4. The van der Waals surface area contributed by atoms with Gasteiger partial charge in [-0.2, -0.15) is 0 Å². The predicted molar refractivity (Wildman–Crippen MR) is 93.2 cm³/mol. The summed E-state index contributed by atoms with van der Waals surface area (Å²) in [6.45, 7) is 3.47. The summed E-state index contributed by atoms with van der Waals surface area (Å²) in [5, 5.41) is 3.78. The molecule has 1 fully saturated rings. The summed E-state index contributed by atoms with van der Waals surface area (Å²) >= 11 is 2.07. The van der Waals surface area contributed by atoms with Gasteiger partial charge in [-0.25, -0.2) is 0 Å². The topological polar surface area (TPSA) is 12.0 Å².